The Labute approximate surface area is 101 Å². The summed E-state index contributed by atoms with van der Waals surface area (Å²) in [6.45, 7) is 7.08. The average molecular weight is 280 g/mol. The summed E-state index contributed by atoms with van der Waals surface area (Å²) >= 11 is 3.39. The van der Waals surface area contributed by atoms with E-state index in [-0.39, 0.29) is 18.6 Å². The van der Waals surface area contributed by atoms with Gasteiger partial charge in [-0.3, -0.25) is 4.79 Å². The normalized spacial score (nSPS) is 12.9. The Morgan fingerprint density at radius 3 is 2.60 bits per heavy atom. The molecule has 1 unspecified atom stereocenters. The van der Waals surface area contributed by atoms with Crippen molar-refractivity contribution in [2.24, 2.45) is 5.92 Å². The molecule has 1 atom stereocenters. The van der Waals surface area contributed by atoms with E-state index in [1.54, 1.807) is 0 Å². The third-order valence-electron chi connectivity index (χ3n) is 2.15. The first-order chi connectivity index (χ1) is 7.11. The average Bonchev–Trinajstić information content (AvgIpc) is 2.17. The van der Waals surface area contributed by atoms with E-state index in [9.17, 15) is 4.79 Å². The zero-order chi connectivity index (χ0) is 11.7. The quantitative estimate of drug-likeness (QED) is 0.547. The fourth-order valence-electron chi connectivity index (χ4n) is 1.25. The third-order valence-corrected chi connectivity index (χ3v) is 2.61. The van der Waals surface area contributed by atoms with Crippen molar-refractivity contribution in [1.29, 1.82) is 0 Å². The molecule has 0 aliphatic rings. The first kappa shape index (κ1) is 14.9. The Balaban J connectivity index is 3.78. The maximum Gasteiger partial charge on any atom is 0.246 e. The highest BCUT2D eigenvalue weighted by Crippen LogP contribution is 2.07. The van der Waals surface area contributed by atoms with Crippen LogP contribution in [0.3, 0.4) is 0 Å². The summed E-state index contributed by atoms with van der Waals surface area (Å²) in [4.78, 5) is 11.5. The van der Waals surface area contributed by atoms with Gasteiger partial charge in [0.1, 0.15) is 6.61 Å². The minimum atomic E-state index is -0.0110. The fraction of sp³-hybridized carbons (Fsp3) is 0.909. The molecule has 0 saturated carbocycles. The summed E-state index contributed by atoms with van der Waals surface area (Å²) in [6.07, 6.45) is 1.90. The van der Waals surface area contributed by atoms with Crippen molar-refractivity contribution >= 4 is 21.8 Å². The number of rotatable bonds is 8. The van der Waals surface area contributed by atoms with Gasteiger partial charge in [0.25, 0.3) is 0 Å². The van der Waals surface area contributed by atoms with Crippen LogP contribution in [0.5, 0.6) is 0 Å². The van der Waals surface area contributed by atoms with Crippen molar-refractivity contribution in [3.63, 3.8) is 0 Å². The molecule has 0 aromatic heterocycles. The Hall–Kier alpha value is -0.0900. The Bertz CT molecular complexity index is 174. The zero-order valence-electron chi connectivity index (χ0n) is 9.88. The molecule has 0 aliphatic carbocycles. The first-order valence-corrected chi connectivity index (χ1v) is 6.67. The molecule has 1 N–H and O–H groups in total. The maximum absolute atomic E-state index is 11.5. The highest BCUT2D eigenvalue weighted by atomic mass is 79.9. The Kier molecular flexibility index (Phi) is 9.10. The van der Waals surface area contributed by atoms with Crippen LogP contribution in [0.15, 0.2) is 0 Å². The van der Waals surface area contributed by atoms with E-state index in [4.69, 9.17) is 4.74 Å². The van der Waals surface area contributed by atoms with Gasteiger partial charge in [0, 0.05) is 18.0 Å². The van der Waals surface area contributed by atoms with Crippen LogP contribution in [0, 0.1) is 5.92 Å². The van der Waals surface area contributed by atoms with Gasteiger partial charge in [-0.1, -0.05) is 36.7 Å². The zero-order valence-corrected chi connectivity index (χ0v) is 11.5. The predicted octanol–water partition coefficient (Wildman–Crippen LogP) is 2.34. The molecule has 0 heterocycles. The molecular formula is C11H22BrNO2. The largest absolute Gasteiger partial charge is 0.372 e. The molecule has 3 nitrogen and oxygen atoms in total. The second-order valence-electron chi connectivity index (χ2n) is 3.95. The van der Waals surface area contributed by atoms with Gasteiger partial charge < -0.3 is 10.1 Å². The lowest BCUT2D eigenvalue weighted by Gasteiger charge is -2.21. The molecule has 0 aromatic rings. The van der Waals surface area contributed by atoms with E-state index in [0.717, 1.165) is 18.2 Å². The van der Waals surface area contributed by atoms with Crippen molar-refractivity contribution in [2.75, 3.05) is 18.5 Å². The summed E-state index contributed by atoms with van der Waals surface area (Å²) in [7, 11) is 0. The van der Waals surface area contributed by atoms with Crippen LogP contribution in [-0.4, -0.2) is 30.5 Å². The van der Waals surface area contributed by atoms with Crippen LogP contribution in [0.1, 0.15) is 33.6 Å². The molecule has 0 saturated heterocycles. The maximum atomic E-state index is 11.5. The van der Waals surface area contributed by atoms with Crippen LogP contribution < -0.4 is 5.32 Å². The third kappa shape index (κ3) is 7.79. The smallest absolute Gasteiger partial charge is 0.246 e. The lowest BCUT2D eigenvalue weighted by Crippen LogP contribution is -2.40. The SMILES string of the molecule is CCCOCC(=O)NC(CCBr)C(C)C. The monoisotopic (exact) mass is 279 g/mol. The van der Waals surface area contributed by atoms with E-state index < -0.39 is 0 Å². The molecule has 0 radical (unpaired) electrons. The van der Waals surface area contributed by atoms with Gasteiger partial charge in [-0.05, 0) is 18.8 Å². The second-order valence-corrected chi connectivity index (χ2v) is 4.74. The molecule has 1 amide bonds. The highest BCUT2D eigenvalue weighted by Gasteiger charge is 2.14. The first-order valence-electron chi connectivity index (χ1n) is 5.54. The van der Waals surface area contributed by atoms with Crippen molar-refractivity contribution in [2.45, 2.75) is 39.7 Å². The van der Waals surface area contributed by atoms with Gasteiger partial charge in [-0.15, -0.1) is 0 Å². The number of nitrogens with one attached hydrogen (secondary N) is 1. The van der Waals surface area contributed by atoms with Crippen molar-refractivity contribution in [1.82, 2.24) is 5.32 Å². The number of alkyl halides is 1. The minimum absolute atomic E-state index is 0.0110. The predicted molar refractivity (Wildman–Crippen MR) is 66.3 cm³/mol. The second kappa shape index (κ2) is 9.16. The summed E-state index contributed by atoms with van der Waals surface area (Å²) < 4.78 is 5.18. The molecule has 0 aromatic carbocycles. The number of carbonyl (C=O) groups excluding carboxylic acids is 1. The van der Waals surface area contributed by atoms with Crippen LogP contribution in [0.4, 0.5) is 0 Å². The van der Waals surface area contributed by atoms with Gasteiger partial charge in [-0.25, -0.2) is 0 Å². The van der Waals surface area contributed by atoms with Crippen LogP contribution in [0.2, 0.25) is 0 Å². The molecule has 0 rings (SSSR count). The lowest BCUT2D eigenvalue weighted by atomic mass is 10.0. The van der Waals surface area contributed by atoms with Crippen LogP contribution in [-0.2, 0) is 9.53 Å². The molecule has 0 fully saturated rings. The fourth-order valence-corrected chi connectivity index (χ4v) is 1.74. The number of halogens is 1. The summed E-state index contributed by atoms with van der Waals surface area (Å²) in [5, 5.41) is 3.89. The van der Waals surface area contributed by atoms with E-state index in [2.05, 4.69) is 35.1 Å². The van der Waals surface area contributed by atoms with E-state index in [1.807, 2.05) is 6.92 Å². The van der Waals surface area contributed by atoms with Crippen molar-refractivity contribution in [3.8, 4) is 0 Å². The molecule has 0 aliphatic heterocycles. The lowest BCUT2D eigenvalue weighted by molar-refractivity contribution is -0.126. The molecule has 15 heavy (non-hydrogen) atoms. The summed E-state index contributed by atoms with van der Waals surface area (Å²) in [5.74, 6) is 0.445. The minimum Gasteiger partial charge on any atom is -0.372 e. The number of ether oxygens (including phenoxy) is 1. The van der Waals surface area contributed by atoms with Gasteiger partial charge in [0.15, 0.2) is 0 Å². The van der Waals surface area contributed by atoms with E-state index in [0.29, 0.717) is 12.5 Å². The molecule has 90 valence electrons. The number of amides is 1. The van der Waals surface area contributed by atoms with E-state index in [1.165, 1.54) is 0 Å². The van der Waals surface area contributed by atoms with Gasteiger partial charge in [0.05, 0.1) is 0 Å². The van der Waals surface area contributed by atoms with E-state index >= 15 is 0 Å². The standard InChI is InChI=1S/C11H22BrNO2/c1-4-7-15-8-11(14)13-10(5-6-12)9(2)3/h9-10H,4-8H2,1-3H3,(H,13,14). The summed E-state index contributed by atoms with van der Waals surface area (Å²) in [6, 6.07) is 0.238. The summed E-state index contributed by atoms with van der Waals surface area (Å²) in [5.41, 5.74) is 0. The van der Waals surface area contributed by atoms with Crippen molar-refractivity contribution < 1.29 is 9.53 Å². The van der Waals surface area contributed by atoms with Gasteiger partial charge in [0.2, 0.25) is 5.91 Å². The van der Waals surface area contributed by atoms with Crippen LogP contribution in [0.25, 0.3) is 0 Å². The molecule has 0 spiro atoms. The molecular weight excluding hydrogens is 258 g/mol. The number of hydrogen-bond acceptors (Lipinski definition) is 2. The Morgan fingerprint density at radius 2 is 2.13 bits per heavy atom. The topological polar surface area (TPSA) is 38.3 Å². The number of carbonyl (C=O) groups is 1. The van der Waals surface area contributed by atoms with Crippen molar-refractivity contribution in [3.05, 3.63) is 0 Å². The van der Waals surface area contributed by atoms with Gasteiger partial charge >= 0.3 is 0 Å². The molecule has 4 heteroatoms. The highest BCUT2D eigenvalue weighted by molar-refractivity contribution is 9.09. The number of hydrogen-bond donors (Lipinski definition) is 1. The van der Waals surface area contributed by atoms with Gasteiger partial charge in [-0.2, -0.15) is 0 Å². The molecule has 0 bridgehead atoms. The van der Waals surface area contributed by atoms with Crippen LogP contribution >= 0.6 is 15.9 Å². The Morgan fingerprint density at radius 1 is 1.47 bits per heavy atom.